The van der Waals surface area contributed by atoms with Crippen LogP contribution in [0.15, 0.2) is 30.5 Å². The molecule has 0 aliphatic carbocycles. The number of aromatic nitrogens is 1. The Morgan fingerprint density at radius 2 is 1.80 bits per heavy atom. The Hall–Kier alpha value is -1.53. The minimum atomic E-state index is -0.393. The number of carbonyl (C=O) groups excluding carboxylic acids is 1. The van der Waals surface area contributed by atoms with Crippen LogP contribution in [0.2, 0.25) is 15.1 Å². The Bertz CT molecular complexity index is 640. The summed E-state index contributed by atoms with van der Waals surface area (Å²) in [6.07, 6.45) is 1.45. The minimum Gasteiger partial charge on any atom is -0.319 e. The number of hydrogen-bond donors (Lipinski definition) is 3. The van der Waals surface area contributed by atoms with Gasteiger partial charge in [-0.15, -0.1) is 0 Å². The van der Waals surface area contributed by atoms with Crippen molar-refractivity contribution in [3.63, 3.8) is 0 Å². The number of nitrogens with two attached hydrogens (primary N) is 1. The summed E-state index contributed by atoms with van der Waals surface area (Å²) in [7, 11) is 0. The second kappa shape index (κ2) is 6.28. The zero-order valence-corrected chi connectivity index (χ0v) is 12.2. The molecule has 104 valence electrons. The number of amides is 1. The van der Waals surface area contributed by atoms with Gasteiger partial charge in [0.25, 0.3) is 5.91 Å². The molecule has 0 unspecified atom stereocenters. The van der Waals surface area contributed by atoms with Crippen LogP contribution >= 0.6 is 34.8 Å². The second-order valence-corrected chi connectivity index (χ2v) is 5.02. The number of halogens is 3. The van der Waals surface area contributed by atoms with Crippen molar-refractivity contribution < 1.29 is 4.79 Å². The summed E-state index contributed by atoms with van der Waals surface area (Å²) < 4.78 is 0. The van der Waals surface area contributed by atoms with Crippen LogP contribution in [0.4, 0.5) is 11.5 Å². The third-order valence-corrected chi connectivity index (χ3v) is 3.23. The van der Waals surface area contributed by atoms with Crippen molar-refractivity contribution in [3.05, 3.63) is 51.1 Å². The number of anilines is 2. The fourth-order valence-electron chi connectivity index (χ4n) is 1.50. The van der Waals surface area contributed by atoms with Crippen LogP contribution in [-0.4, -0.2) is 10.9 Å². The lowest BCUT2D eigenvalue weighted by Gasteiger charge is -2.10. The fourth-order valence-corrected chi connectivity index (χ4v) is 2.41. The maximum absolute atomic E-state index is 12.1. The van der Waals surface area contributed by atoms with E-state index in [4.69, 9.17) is 40.6 Å². The molecule has 0 aliphatic rings. The maximum atomic E-state index is 12.1. The zero-order valence-electron chi connectivity index (χ0n) is 9.95. The van der Waals surface area contributed by atoms with Crippen LogP contribution in [0, 0.1) is 0 Å². The molecule has 8 heteroatoms. The molecule has 0 saturated carbocycles. The van der Waals surface area contributed by atoms with E-state index in [1.54, 1.807) is 0 Å². The predicted octanol–water partition coefficient (Wildman–Crippen LogP) is 3.58. The second-order valence-electron chi connectivity index (χ2n) is 3.77. The molecular weight excluding hydrogens is 323 g/mol. The maximum Gasteiger partial charge on any atom is 0.255 e. The standard InChI is InChI=1S/C12H9Cl3N4O/c13-7-4-8(14)11(9(15)5-7)18-12(20)6-1-2-17-10(3-6)19-16/h1-5H,16H2,(H,17,19)(H,18,20). The van der Waals surface area contributed by atoms with Gasteiger partial charge in [-0.3, -0.25) is 4.79 Å². The first-order chi connectivity index (χ1) is 9.51. The lowest BCUT2D eigenvalue weighted by molar-refractivity contribution is 0.102. The van der Waals surface area contributed by atoms with E-state index < -0.39 is 5.91 Å². The van der Waals surface area contributed by atoms with Gasteiger partial charge in [-0.1, -0.05) is 34.8 Å². The molecule has 2 rings (SSSR count). The smallest absolute Gasteiger partial charge is 0.255 e. The quantitative estimate of drug-likeness (QED) is 0.593. The molecule has 4 N–H and O–H groups in total. The fraction of sp³-hybridized carbons (Fsp3) is 0. The van der Waals surface area contributed by atoms with E-state index in [2.05, 4.69) is 15.7 Å². The molecule has 5 nitrogen and oxygen atoms in total. The number of carbonyl (C=O) groups is 1. The molecule has 1 amide bonds. The van der Waals surface area contributed by atoms with Crippen LogP contribution in [0.1, 0.15) is 10.4 Å². The highest BCUT2D eigenvalue weighted by Gasteiger charge is 2.13. The van der Waals surface area contributed by atoms with E-state index >= 15 is 0 Å². The molecule has 0 radical (unpaired) electrons. The first-order valence-corrected chi connectivity index (χ1v) is 6.53. The van der Waals surface area contributed by atoms with Crippen LogP contribution in [-0.2, 0) is 0 Å². The number of benzene rings is 1. The highest BCUT2D eigenvalue weighted by molar-refractivity contribution is 6.42. The average Bonchev–Trinajstić information content (AvgIpc) is 2.42. The highest BCUT2D eigenvalue weighted by atomic mass is 35.5. The number of nitrogens with one attached hydrogen (secondary N) is 2. The highest BCUT2D eigenvalue weighted by Crippen LogP contribution is 2.33. The summed E-state index contributed by atoms with van der Waals surface area (Å²) in [6, 6.07) is 6.01. The van der Waals surface area contributed by atoms with Crippen LogP contribution in [0.5, 0.6) is 0 Å². The SMILES string of the molecule is NNc1cc(C(=O)Nc2c(Cl)cc(Cl)cc2Cl)ccn1. The van der Waals surface area contributed by atoms with E-state index in [9.17, 15) is 4.79 Å². The van der Waals surface area contributed by atoms with Crippen molar-refractivity contribution in [2.75, 3.05) is 10.7 Å². The van der Waals surface area contributed by atoms with E-state index in [1.807, 2.05) is 0 Å². The number of hydrogen-bond acceptors (Lipinski definition) is 4. The summed E-state index contributed by atoms with van der Waals surface area (Å²) in [4.78, 5) is 16.0. The van der Waals surface area contributed by atoms with E-state index in [0.29, 0.717) is 22.1 Å². The van der Waals surface area contributed by atoms with Crippen molar-refractivity contribution in [2.45, 2.75) is 0 Å². The molecule has 0 fully saturated rings. The van der Waals surface area contributed by atoms with Crippen molar-refractivity contribution in [2.24, 2.45) is 5.84 Å². The molecule has 20 heavy (non-hydrogen) atoms. The van der Waals surface area contributed by atoms with Gasteiger partial charge in [0.1, 0.15) is 5.82 Å². The number of nitrogens with zero attached hydrogens (tertiary/aromatic N) is 1. The van der Waals surface area contributed by atoms with Gasteiger partial charge in [0.05, 0.1) is 15.7 Å². The Balaban J connectivity index is 2.28. The van der Waals surface area contributed by atoms with E-state index in [0.717, 1.165) is 0 Å². The number of pyridine rings is 1. The van der Waals surface area contributed by atoms with E-state index in [1.165, 1.54) is 30.5 Å². The molecule has 0 spiro atoms. The predicted molar refractivity (Wildman–Crippen MR) is 81.5 cm³/mol. The van der Waals surface area contributed by atoms with Gasteiger partial charge in [-0.25, -0.2) is 10.8 Å². The summed E-state index contributed by atoms with van der Waals surface area (Å²) in [5.41, 5.74) is 3.01. The van der Waals surface area contributed by atoms with Crippen molar-refractivity contribution in [3.8, 4) is 0 Å². The first-order valence-electron chi connectivity index (χ1n) is 5.40. The zero-order chi connectivity index (χ0) is 14.7. The molecule has 1 aromatic carbocycles. The molecule has 1 aromatic heterocycles. The summed E-state index contributed by atoms with van der Waals surface area (Å²) >= 11 is 17.8. The third kappa shape index (κ3) is 3.32. The largest absolute Gasteiger partial charge is 0.319 e. The normalized spacial score (nSPS) is 10.2. The monoisotopic (exact) mass is 330 g/mol. The molecular formula is C12H9Cl3N4O. The van der Waals surface area contributed by atoms with Gasteiger partial charge in [0.2, 0.25) is 0 Å². The van der Waals surface area contributed by atoms with Crippen LogP contribution in [0.25, 0.3) is 0 Å². The number of nitrogen functional groups attached to an aromatic ring is 1. The number of rotatable bonds is 3. The van der Waals surface area contributed by atoms with Crippen molar-refractivity contribution >= 4 is 52.2 Å². The third-order valence-electron chi connectivity index (χ3n) is 2.42. The van der Waals surface area contributed by atoms with Gasteiger partial charge in [0, 0.05) is 16.8 Å². The molecule has 0 bridgehead atoms. The lowest BCUT2D eigenvalue weighted by atomic mass is 10.2. The Labute approximate surface area is 130 Å². The van der Waals surface area contributed by atoms with Gasteiger partial charge in [-0.05, 0) is 24.3 Å². The Morgan fingerprint density at radius 3 is 2.40 bits per heavy atom. The van der Waals surface area contributed by atoms with Gasteiger partial charge >= 0.3 is 0 Å². The van der Waals surface area contributed by atoms with Gasteiger partial charge < -0.3 is 10.7 Å². The van der Waals surface area contributed by atoms with Crippen molar-refractivity contribution in [1.82, 2.24) is 4.98 Å². The number of hydrazine groups is 1. The lowest BCUT2D eigenvalue weighted by Crippen LogP contribution is -2.14. The molecule has 0 atom stereocenters. The molecule has 0 aliphatic heterocycles. The van der Waals surface area contributed by atoms with Crippen molar-refractivity contribution in [1.29, 1.82) is 0 Å². The topological polar surface area (TPSA) is 80.0 Å². The van der Waals surface area contributed by atoms with Gasteiger partial charge in [0.15, 0.2) is 0 Å². The van der Waals surface area contributed by atoms with Gasteiger partial charge in [-0.2, -0.15) is 0 Å². The average molecular weight is 332 g/mol. The minimum absolute atomic E-state index is 0.252. The summed E-state index contributed by atoms with van der Waals surface area (Å²) in [6.45, 7) is 0. The summed E-state index contributed by atoms with van der Waals surface area (Å²) in [5.74, 6) is 5.21. The molecule has 2 aromatic rings. The molecule has 0 saturated heterocycles. The van der Waals surface area contributed by atoms with Crippen LogP contribution in [0.3, 0.4) is 0 Å². The molecule has 1 heterocycles. The summed E-state index contributed by atoms with van der Waals surface area (Å²) in [5, 5.41) is 3.50. The van der Waals surface area contributed by atoms with Crippen LogP contribution < -0.4 is 16.6 Å². The first kappa shape index (κ1) is 14.9. The van der Waals surface area contributed by atoms with E-state index in [-0.39, 0.29) is 10.0 Å². The Morgan fingerprint density at radius 1 is 1.15 bits per heavy atom. The Kier molecular flexibility index (Phi) is 4.67.